The van der Waals surface area contributed by atoms with Gasteiger partial charge in [0.15, 0.2) is 0 Å². The zero-order valence-corrected chi connectivity index (χ0v) is 14.4. The van der Waals surface area contributed by atoms with E-state index in [-0.39, 0.29) is 23.9 Å². The van der Waals surface area contributed by atoms with Crippen molar-refractivity contribution in [2.45, 2.75) is 31.8 Å². The van der Waals surface area contributed by atoms with Crippen LogP contribution >= 0.6 is 11.3 Å². The lowest BCUT2D eigenvalue weighted by molar-refractivity contribution is 0.0920. The predicted molar refractivity (Wildman–Crippen MR) is 96.7 cm³/mol. The molecule has 1 aromatic heterocycles. The second-order valence-electron chi connectivity index (χ2n) is 5.94. The number of rotatable bonds is 4. The van der Waals surface area contributed by atoms with Gasteiger partial charge in [-0.1, -0.05) is 18.2 Å². The van der Waals surface area contributed by atoms with Crippen LogP contribution in [0.25, 0.3) is 0 Å². The van der Waals surface area contributed by atoms with E-state index in [2.05, 4.69) is 22.9 Å². The SMILES string of the molecule is CC1NCCCC1NC(=O)c1ccccc1NC(=O)c1cccs1. The number of thiophene rings is 1. The first-order valence-corrected chi connectivity index (χ1v) is 9.01. The number of piperidine rings is 1. The molecule has 6 heteroatoms. The van der Waals surface area contributed by atoms with E-state index in [9.17, 15) is 9.59 Å². The topological polar surface area (TPSA) is 70.2 Å². The second-order valence-corrected chi connectivity index (χ2v) is 6.89. The molecule has 1 fully saturated rings. The summed E-state index contributed by atoms with van der Waals surface area (Å²) in [5.74, 6) is -0.351. The maximum atomic E-state index is 12.7. The molecule has 1 aromatic carbocycles. The number of hydrogen-bond acceptors (Lipinski definition) is 4. The molecule has 2 aromatic rings. The van der Waals surface area contributed by atoms with Crippen LogP contribution in [0.1, 0.15) is 39.8 Å². The average molecular weight is 343 g/mol. The lowest BCUT2D eigenvalue weighted by Gasteiger charge is -2.30. The van der Waals surface area contributed by atoms with Crippen molar-refractivity contribution in [1.82, 2.24) is 10.6 Å². The van der Waals surface area contributed by atoms with Crippen LogP contribution < -0.4 is 16.0 Å². The molecule has 0 bridgehead atoms. The molecule has 3 N–H and O–H groups in total. The highest BCUT2D eigenvalue weighted by atomic mass is 32.1. The molecule has 0 radical (unpaired) electrons. The minimum absolute atomic E-state index is 0.104. The summed E-state index contributed by atoms with van der Waals surface area (Å²) in [6.07, 6.45) is 2.01. The van der Waals surface area contributed by atoms with Crippen molar-refractivity contribution in [2.24, 2.45) is 0 Å². The summed E-state index contributed by atoms with van der Waals surface area (Å²) < 4.78 is 0. The minimum atomic E-state index is -0.196. The maximum absolute atomic E-state index is 12.7. The zero-order chi connectivity index (χ0) is 16.9. The molecule has 5 nitrogen and oxygen atoms in total. The van der Waals surface area contributed by atoms with Gasteiger partial charge in [-0.2, -0.15) is 0 Å². The summed E-state index contributed by atoms with van der Waals surface area (Å²) in [6, 6.07) is 11.0. The van der Waals surface area contributed by atoms with E-state index in [1.165, 1.54) is 11.3 Å². The average Bonchev–Trinajstić information content (AvgIpc) is 3.12. The van der Waals surface area contributed by atoms with Gasteiger partial charge in [0.2, 0.25) is 0 Å². The third-order valence-corrected chi connectivity index (χ3v) is 5.11. The van der Waals surface area contributed by atoms with Gasteiger partial charge in [0.1, 0.15) is 0 Å². The van der Waals surface area contributed by atoms with Crippen molar-refractivity contribution in [1.29, 1.82) is 0 Å². The molecule has 2 unspecified atom stereocenters. The summed E-state index contributed by atoms with van der Waals surface area (Å²) >= 11 is 1.37. The first-order chi connectivity index (χ1) is 11.6. The summed E-state index contributed by atoms with van der Waals surface area (Å²) in [6.45, 7) is 3.07. The van der Waals surface area contributed by atoms with Gasteiger partial charge < -0.3 is 16.0 Å². The van der Waals surface area contributed by atoms with E-state index in [0.717, 1.165) is 19.4 Å². The van der Waals surface area contributed by atoms with Crippen LogP contribution in [-0.4, -0.2) is 30.4 Å². The number of amides is 2. The Balaban J connectivity index is 1.73. The first-order valence-electron chi connectivity index (χ1n) is 8.13. The third kappa shape index (κ3) is 3.83. The highest BCUT2D eigenvalue weighted by molar-refractivity contribution is 7.12. The quantitative estimate of drug-likeness (QED) is 0.799. The van der Waals surface area contributed by atoms with Crippen LogP contribution in [0.2, 0.25) is 0 Å². The maximum Gasteiger partial charge on any atom is 0.265 e. The second kappa shape index (κ2) is 7.59. The lowest BCUT2D eigenvalue weighted by atomic mass is 9.99. The number of anilines is 1. The summed E-state index contributed by atoms with van der Waals surface area (Å²) in [5.41, 5.74) is 1.02. The number of carbonyl (C=O) groups is 2. The Morgan fingerprint density at radius 1 is 1.17 bits per heavy atom. The molecule has 1 saturated heterocycles. The van der Waals surface area contributed by atoms with Gasteiger partial charge in [0.25, 0.3) is 11.8 Å². The monoisotopic (exact) mass is 343 g/mol. The Hall–Kier alpha value is -2.18. The molecule has 2 heterocycles. The van der Waals surface area contributed by atoms with Crippen LogP contribution in [0, 0.1) is 0 Å². The normalized spacial score (nSPS) is 20.4. The molecule has 3 rings (SSSR count). The van der Waals surface area contributed by atoms with Gasteiger partial charge in [-0.3, -0.25) is 9.59 Å². The number of para-hydroxylation sites is 1. The largest absolute Gasteiger partial charge is 0.348 e. The van der Waals surface area contributed by atoms with Crippen LogP contribution in [-0.2, 0) is 0 Å². The van der Waals surface area contributed by atoms with E-state index in [1.54, 1.807) is 24.3 Å². The molecule has 0 saturated carbocycles. The molecule has 2 atom stereocenters. The highest BCUT2D eigenvalue weighted by Gasteiger charge is 2.24. The minimum Gasteiger partial charge on any atom is -0.348 e. The summed E-state index contributed by atoms with van der Waals surface area (Å²) in [7, 11) is 0. The van der Waals surface area contributed by atoms with E-state index in [4.69, 9.17) is 0 Å². The standard InChI is InChI=1S/C18H21N3O2S/c1-12-14(8-4-10-19-12)20-17(22)13-6-2-3-7-15(13)21-18(23)16-9-5-11-24-16/h2-3,5-7,9,11-12,14,19H,4,8,10H2,1H3,(H,20,22)(H,21,23). The Labute approximate surface area is 145 Å². The van der Waals surface area contributed by atoms with Gasteiger partial charge in [0.05, 0.1) is 16.1 Å². The third-order valence-electron chi connectivity index (χ3n) is 4.24. The van der Waals surface area contributed by atoms with Crippen LogP contribution in [0.15, 0.2) is 41.8 Å². The van der Waals surface area contributed by atoms with E-state index in [1.807, 2.05) is 17.5 Å². The molecule has 0 spiro atoms. The Kier molecular flexibility index (Phi) is 5.27. The van der Waals surface area contributed by atoms with Crippen molar-refractivity contribution in [3.8, 4) is 0 Å². The first kappa shape index (κ1) is 16.7. The molecular formula is C18H21N3O2S. The van der Waals surface area contributed by atoms with E-state index in [0.29, 0.717) is 16.1 Å². The number of hydrogen-bond donors (Lipinski definition) is 3. The smallest absolute Gasteiger partial charge is 0.265 e. The van der Waals surface area contributed by atoms with Crippen molar-refractivity contribution in [3.63, 3.8) is 0 Å². The van der Waals surface area contributed by atoms with Crippen molar-refractivity contribution < 1.29 is 9.59 Å². The molecule has 1 aliphatic rings. The molecule has 24 heavy (non-hydrogen) atoms. The Bertz CT molecular complexity index is 715. The number of carbonyl (C=O) groups excluding carboxylic acids is 2. The highest BCUT2D eigenvalue weighted by Crippen LogP contribution is 2.19. The molecule has 0 aliphatic carbocycles. The van der Waals surface area contributed by atoms with E-state index < -0.39 is 0 Å². The van der Waals surface area contributed by atoms with Crippen molar-refractivity contribution >= 4 is 28.8 Å². The van der Waals surface area contributed by atoms with Gasteiger partial charge >= 0.3 is 0 Å². The Morgan fingerprint density at radius 3 is 2.75 bits per heavy atom. The fourth-order valence-electron chi connectivity index (χ4n) is 2.87. The molecular weight excluding hydrogens is 322 g/mol. The summed E-state index contributed by atoms with van der Waals surface area (Å²) in [4.78, 5) is 25.5. The van der Waals surface area contributed by atoms with Gasteiger partial charge in [0, 0.05) is 12.1 Å². The fraction of sp³-hybridized carbons (Fsp3) is 0.333. The summed E-state index contributed by atoms with van der Waals surface area (Å²) in [5, 5.41) is 11.1. The fourth-order valence-corrected chi connectivity index (χ4v) is 3.49. The van der Waals surface area contributed by atoms with E-state index >= 15 is 0 Å². The zero-order valence-electron chi connectivity index (χ0n) is 13.5. The van der Waals surface area contributed by atoms with Gasteiger partial charge in [-0.15, -0.1) is 11.3 Å². The van der Waals surface area contributed by atoms with Crippen LogP contribution in [0.4, 0.5) is 5.69 Å². The number of benzene rings is 1. The number of nitrogens with one attached hydrogen (secondary N) is 3. The predicted octanol–water partition coefficient (Wildman–Crippen LogP) is 2.87. The Morgan fingerprint density at radius 2 is 2.00 bits per heavy atom. The van der Waals surface area contributed by atoms with Crippen molar-refractivity contribution in [2.75, 3.05) is 11.9 Å². The van der Waals surface area contributed by atoms with Crippen LogP contribution in [0.3, 0.4) is 0 Å². The molecule has 126 valence electrons. The molecule has 2 amide bonds. The molecule has 1 aliphatic heterocycles. The van der Waals surface area contributed by atoms with Crippen molar-refractivity contribution in [3.05, 3.63) is 52.2 Å². The van der Waals surface area contributed by atoms with Gasteiger partial charge in [-0.05, 0) is 49.9 Å². The lowest BCUT2D eigenvalue weighted by Crippen LogP contribution is -2.52. The van der Waals surface area contributed by atoms with Crippen LogP contribution in [0.5, 0.6) is 0 Å². The van der Waals surface area contributed by atoms with Gasteiger partial charge in [-0.25, -0.2) is 0 Å².